The third-order valence-electron chi connectivity index (χ3n) is 2.68. The molecule has 0 saturated carbocycles. The number of aromatic nitrogens is 1. The Morgan fingerprint density at radius 3 is 2.78 bits per heavy atom. The van der Waals surface area contributed by atoms with Gasteiger partial charge in [0, 0.05) is 25.0 Å². The van der Waals surface area contributed by atoms with Crippen LogP contribution in [0.5, 0.6) is 0 Å². The maximum atomic E-state index is 5.72. The van der Waals surface area contributed by atoms with Crippen LogP contribution in [0.4, 0.5) is 0 Å². The van der Waals surface area contributed by atoms with E-state index < -0.39 is 0 Å². The molecule has 1 aromatic rings. The molecule has 18 heavy (non-hydrogen) atoms. The molecule has 0 radical (unpaired) electrons. The van der Waals surface area contributed by atoms with Gasteiger partial charge in [-0.25, -0.2) is 4.98 Å². The lowest BCUT2D eigenvalue weighted by atomic mass is 10.1. The van der Waals surface area contributed by atoms with Crippen molar-refractivity contribution in [2.45, 2.75) is 46.6 Å². The zero-order chi connectivity index (χ0) is 13.6. The maximum Gasteiger partial charge on any atom is 0.124 e. The van der Waals surface area contributed by atoms with E-state index in [0.29, 0.717) is 5.92 Å². The molecule has 3 nitrogen and oxygen atoms in total. The van der Waals surface area contributed by atoms with Crippen LogP contribution in [0.15, 0.2) is 5.38 Å². The highest BCUT2D eigenvalue weighted by Gasteiger charge is 2.24. The van der Waals surface area contributed by atoms with Crippen molar-refractivity contribution in [1.82, 2.24) is 10.3 Å². The fraction of sp³-hybridized carbons (Fsp3) is 0.786. The largest absolute Gasteiger partial charge is 0.369 e. The minimum atomic E-state index is -0.261. The number of nitrogens with zero attached hydrogens (tertiary/aromatic N) is 1. The first-order valence-corrected chi connectivity index (χ1v) is 7.63. The highest BCUT2D eigenvalue weighted by molar-refractivity contribution is 7.09. The molecule has 0 fully saturated rings. The zero-order valence-corrected chi connectivity index (χ0v) is 13.1. The topological polar surface area (TPSA) is 34.1 Å². The van der Waals surface area contributed by atoms with E-state index in [9.17, 15) is 0 Å². The van der Waals surface area contributed by atoms with E-state index in [1.54, 1.807) is 11.3 Å². The van der Waals surface area contributed by atoms with E-state index in [0.717, 1.165) is 31.1 Å². The Labute approximate surface area is 115 Å². The predicted molar refractivity (Wildman–Crippen MR) is 78.2 cm³/mol. The van der Waals surface area contributed by atoms with E-state index in [1.165, 1.54) is 5.69 Å². The maximum absolute atomic E-state index is 5.72. The first-order chi connectivity index (χ1) is 8.45. The summed E-state index contributed by atoms with van der Waals surface area (Å²) in [6, 6.07) is 0. The number of thiazole rings is 1. The lowest BCUT2D eigenvalue weighted by molar-refractivity contribution is -0.0142. The van der Waals surface area contributed by atoms with Crippen molar-refractivity contribution in [2.24, 2.45) is 5.92 Å². The van der Waals surface area contributed by atoms with Gasteiger partial charge < -0.3 is 10.1 Å². The molecule has 0 aromatic carbocycles. The Balaban J connectivity index is 2.43. The van der Waals surface area contributed by atoms with Crippen molar-refractivity contribution in [2.75, 3.05) is 19.7 Å². The van der Waals surface area contributed by atoms with Crippen LogP contribution in [0.3, 0.4) is 0 Å². The summed E-state index contributed by atoms with van der Waals surface area (Å²) in [7, 11) is 0. The number of hydrogen-bond donors (Lipinski definition) is 1. The Kier molecular flexibility index (Phi) is 6.26. The van der Waals surface area contributed by atoms with Gasteiger partial charge in [-0.2, -0.15) is 0 Å². The summed E-state index contributed by atoms with van der Waals surface area (Å²) < 4.78 is 5.72. The Bertz CT molecular complexity index is 347. The van der Waals surface area contributed by atoms with E-state index in [1.807, 2.05) is 6.92 Å². The second-order valence-electron chi connectivity index (χ2n) is 5.44. The molecule has 4 heteroatoms. The molecule has 0 atom stereocenters. The van der Waals surface area contributed by atoms with Crippen LogP contribution in [-0.2, 0) is 16.8 Å². The average molecular weight is 270 g/mol. The van der Waals surface area contributed by atoms with Gasteiger partial charge in [0.2, 0.25) is 0 Å². The molecule has 0 saturated heterocycles. The Morgan fingerprint density at radius 2 is 2.17 bits per heavy atom. The second-order valence-corrected chi connectivity index (χ2v) is 6.29. The van der Waals surface area contributed by atoms with Crippen molar-refractivity contribution < 1.29 is 4.74 Å². The lowest BCUT2D eigenvalue weighted by Gasteiger charge is -2.21. The molecule has 0 unspecified atom stereocenters. The first kappa shape index (κ1) is 15.6. The first-order valence-electron chi connectivity index (χ1n) is 6.75. The standard InChI is InChI=1S/C14H26N2OS/c1-6-17-14(4,5)13-16-12(10-18-13)7-8-15-9-11(2)3/h10-11,15H,6-9H2,1-5H3. The average Bonchev–Trinajstić information content (AvgIpc) is 2.73. The third kappa shape index (κ3) is 5.04. The van der Waals surface area contributed by atoms with Crippen molar-refractivity contribution in [1.29, 1.82) is 0 Å². The SMILES string of the molecule is CCOC(C)(C)c1nc(CCNCC(C)C)cs1. The van der Waals surface area contributed by atoms with Crippen LogP contribution in [0.1, 0.15) is 45.3 Å². The summed E-state index contributed by atoms with van der Waals surface area (Å²) in [6.45, 7) is 13.4. The van der Waals surface area contributed by atoms with Gasteiger partial charge in [0.1, 0.15) is 10.6 Å². The quantitative estimate of drug-likeness (QED) is 0.737. The van der Waals surface area contributed by atoms with Crippen LogP contribution in [-0.4, -0.2) is 24.7 Å². The fourth-order valence-electron chi connectivity index (χ4n) is 1.73. The van der Waals surface area contributed by atoms with Crippen LogP contribution in [0, 0.1) is 5.92 Å². The number of nitrogens with one attached hydrogen (secondary N) is 1. The van der Waals surface area contributed by atoms with Gasteiger partial charge >= 0.3 is 0 Å². The molecule has 1 aromatic heterocycles. The minimum Gasteiger partial charge on any atom is -0.369 e. The van der Waals surface area contributed by atoms with Gasteiger partial charge in [-0.3, -0.25) is 0 Å². The van der Waals surface area contributed by atoms with Crippen LogP contribution in [0.2, 0.25) is 0 Å². The van der Waals surface area contributed by atoms with Crippen molar-refractivity contribution in [3.05, 3.63) is 16.1 Å². The van der Waals surface area contributed by atoms with E-state index in [2.05, 4.69) is 43.4 Å². The van der Waals surface area contributed by atoms with E-state index in [4.69, 9.17) is 4.74 Å². The highest BCUT2D eigenvalue weighted by Crippen LogP contribution is 2.27. The third-order valence-corrected chi connectivity index (χ3v) is 3.88. The molecule has 104 valence electrons. The normalized spacial score (nSPS) is 12.3. The van der Waals surface area contributed by atoms with Crippen molar-refractivity contribution in [3.8, 4) is 0 Å². The molecule has 1 rings (SSSR count). The molecule has 0 amide bonds. The minimum absolute atomic E-state index is 0.261. The summed E-state index contributed by atoms with van der Waals surface area (Å²) in [5.41, 5.74) is 0.905. The predicted octanol–water partition coefficient (Wildman–Crippen LogP) is 3.20. The zero-order valence-electron chi connectivity index (χ0n) is 12.2. The summed E-state index contributed by atoms with van der Waals surface area (Å²) >= 11 is 1.70. The van der Waals surface area contributed by atoms with Crippen molar-refractivity contribution >= 4 is 11.3 Å². The van der Waals surface area contributed by atoms with Gasteiger partial charge in [0.25, 0.3) is 0 Å². The molecule has 0 spiro atoms. The molecular weight excluding hydrogens is 244 g/mol. The second kappa shape index (κ2) is 7.22. The van der Waals surface area contributed by atoms with Crippen LogP contribution >= 0.6 is 11.3 Å². The highest BCUT2D eigenvalue weighted by atomic mass is 32.1. The van der Waals surface area contributed by atoms with Gasteiger partial charge in [-0.05, 0) is 33.2 Å². The van der Waals surface area contributed by atoms with E-state index in [-0.39, 0.29) is 5.60 Å². The molecular formula is C14H26N2OS. The monoisotopic (exact) mass is 270 g/mol. The molecule has 1 heterocycles. The van der Waals surface area contributed by atoms with Crippen LogP contribution in [0.25, 0.3) is 0 Å². The van der Waals surface area contributed by atoms with Gasteiger partial charge in [0.15, 0.2) is 0 Å². The van der Waals surface area contributed by atoms with Gasteiger partial charge in [-0.15, -0.1) is 11.3 Å². The van der Waals surface area contributed by atoms with Gasteiger partial charge in [-0.1, -0.05) is 13.8 Å². The summed E-state index contributed by atoms with van der Waals surface area (Å²) in [5.74, 6) is 0.702. The fourth-order valence-corrected chi connectivity index (χ4v) is 2.66. The summed E-state index contributed by atoms with van der Waals surface area (Å²) in [5, 5.41) is 6.66. The molecule has 1 N–H and O–H groups in total. The Morgan fingerprint density at radius 1 is 1.44 bits per heavy atom. The summed E-state index contributed by atoms with van der Waals surface area (Å²) in [4.78, 5) is 4.67. The van der Waals surface area contributed by atoms with Crippen molar-refractivity contribution in [3.63, 3.8) is 0 Å². The molecule has 0 bridgehead atoms. The Hall–Kier alpha value is -0.450. The number of ether oxygens (including phenoxy) is 1. The van der Waals surface area contributed by atoms with E-state index >= 15 is 0 Å². The number of hydrogen-bond acceptors (Lipinski definition) is 4. The molecule has 0 aliphatic rings. The number of rotatable bonds is 8. The molecule has 0 aliphatic carbocycles. The lowest BCUT2D eigenvalue weighted by Crippen LogP contribution is -2.23. The molecule has 0 aliphatic heterocycles. The summed E-state index contributed by atoms with van der Waals surface area (Å²) in [6.07, 6.45) is 0.991. The van der Waals surface area contributed by atoms with Crippen LogP contribution < -0.4 is 5.32 Å². The smallest absolute Gasteiger partial charge is 0.124 e. The van der Waals surface area contributed by atoms with Gasteiger partial charge in [0.05, 0.1) is 5.69 Å².